The molecule has 6 heterocycles. The van der Waals surface area contributed by atoms with Gasteiger partial charge in [-0.2, -0.15) is 9.61 Å². The van der Waals surface area contributed by atoms with Crippen molar-refractivity contribution in [1.82, 2.24) is 29.0 Å². The summed E-state index contributed by atoms with van der Waals surface area (Å²) >= 11 is 0. The Morgan fingerprint density at radius 2 is 2.06 bits per heavy atom. The number of ether oxygens (including phenoxy) is 2. The van der Waals surface area contributed by atoms with Gasteiger partial charge in [0.25, 0.3) is 11.8 Å². The number of hydrogen-bond donors (Lipinski definition) is 1. The van der Waals surface area contributed by atoms with Crippen molar-refractivity contribution in [1.29, 1.82) is 0 Å². The quantitative estimate of drug-likeness (QED) is 0.515. The van der Waals surface area contributed by atoms with Crippen molar-refractivity contribution < 1.29 is 14.3 Å². The van der Waals surface area contributed by atoms with Crippen LogP contribution in [0, 0.1) is 0 Å². The van der Waals surface area contributed by atoms with Gasteiger partial charge < -0.3 is 14.8 Å². The maximum atomic E-state index is 13.1. The van der Waals surface area contributed by atoms with Gasteiger partial charge in [0.2, 0.25) is 5.65 Å². The van der Waals surface area contributed by atoms with Crippen LogP contribution in [0.3, 0.4) is 0 Å². The average molecular weight is 433 g/mol. The molecular weight excluding hydrogens is 410 g/mol. The molecule has 3 fully saturated rings. The smallest absolute Gasteiger partial charge is 0.277 e. The molecule has 2 aliphatic heterocycles. The normalized spacial score (nSPS) is 24.2. The van der Waals surface area contributed by atoms with Gasteiger partial charge in [-0.1, -0.05) is 0 Å². The zero-order chi connectivity index (χ0) is 22.1. The molecule has 0 aromatic carbocycles. The van der Waals surface area contributed by atoms with Crippen molar-refractivity contribution in [2.75, 3.05) is 11.9 Å². The Morgan fingerprint density at radius 3 is 2.81 bits per heavy atom. The molecule has 32 heavy (non-hydrogen) atoms. The van der Waals surface area contributed by atoms with Crippen molar-refractivity contribution in [3.63, 3.8) is 0 Å². The minimum atomic E-state index is -0.377. The van der Waals surface area contributed by atoms with E-state index in [9.17, 15) is 4.79 Å². The molecule has 0 atom stereocenters. The monoisotopic (exact) mass is 433 g/mol. The molecule has 3 aliphatic rings. The Morgan fingerprint density at radius 1 is 1.22 bits per heavy atom. The van der Waals surface area contributed by atoms with Gasteiger partial charge in [-0.05, 0) is 39.7 Å². The molecule has 10 heteroatoms. The van der Waals surface area contributed by atoms with Crippen molar-refractivity contribution in [2.24, 2.45) is 0 Å². The van der Waals surface area contributed by atoms with Gasteiger partial charge in [0, 0.05) is 30.1 Å². The molecule has 1 saturated carbocycles. The Labute approximate surface area is 183 Å². The second-order valence-corrected chi connectivity index (χ2v) is 9.21. The Balaban J connectivity index is 1.39. The Bertz CT molecular complexity index is 1370. The molecule has 1 N–H and O–H groups in total. The van der Waals surface area contributed by atoms with Crippen LogP contribution in [0.4, 0.5) is 5.82 Å². The summed E-state index contributed by atoms with van der Waals surface area (Å²) in [6.45, 7) is 6.64. The number of rotatable bonds is 5. The van der Waals surface area contributed by atoms with E-state index < -0.39 is 0 Å². The van der Waals surface area contributed by atoms with Crippen molar-refractivity contribution in [2.45, 2.75) is 50.7 Å². The summed E-state index contributed by atoms with van der Waals surface area (Å²) in [6.07, 6.45) is 8.68. The van der Waals surface area contributed by atoms with Crippen molar-refractivity contribution >= 4 is 23.0 Å². The van der Waals surface area contributed by atoms with Gasteiger partial charge in [-0.25, -0.2) is 15.0 Å². The lowest BCUT2D eigenvalue weighted by molar-refractivity contribution is 0.0154. The maximum Gasteiger partial charge on any atom is 0.277 e. The van der Waals surface area contributed by atoms with E-state index in [-0.39, 0.29) is 28.7 Å². The maximum absolute atomic E-state index is 13.1. The molecule has 164 valence electrons. The number of nitrogens with zero attached hydrogens (tertiary/aromatic N) is 6. The first-order chi connectivity index (χ1) is 15.3. The number of carbonyl (C=O) groups excluding carboxylic acids is 1. The van der Waals surface area contributed by atoms with E-state index in [0.29, 0.717) is 29.6 Å². The predicted molar refractivity (Wildman–Crippen MR) is 115 cm³/mol. The number of fused-ring (bicyclic) bond motifs is 3. The first kappa shape index (κ1) is 19.2. The van der Waals surface area contributed by atoms with Crippen LogP contribution < -0.4 is 10.1 Å². The Hall–Kier alpha value is -3.53. The van der Waals surface area contributed by atoms with Gasteiger partial charge in [0.05, 0.1) is 30.2 Å². The molecule has 1 aliphatic carbocycles. The van der Waals surface area contributed by atoms with E-state index in [1.807, 2.05) is 24.4 Å². The lowest BCUT2D eigenvalue weighted by Gasteiger charge is -2.41. The van der Waals surface area contributed by atoms with Crippen LogP contribution in [0.5, 0.6) is 5.88 Å². The highest BCUT2D eigenvalue weighted by Crippen LogP contribution is 2.58. The summed E-state index contributed by atoms with van der Waals surface area (Å²) in [5, 5.41) is 7.07. The van der Waals surface area contributed by atoms with E-state index in [1.54, 1.807) is 35.2 Å². The van der Waals surface area contributed by atoms with Crippen LogP contribution in [-0.4, -0.2) is 53.2 Å². The minimum absolute atomic E-state index is 0.0429. The third-order valence-electron chi connectivity index (χ3n) is 6.18. The van der Waals surface area contributed by atoms with Crippen LogP contribution in [0.25, 0.3) is 11.3 Å². The van der Waals surface area contributed by atoms with Crippen LogP contribution >= 0.6 is 0 Å². The lowest BCUT2D eigenvalue weighted by Crippen LogP contribution is -2.45. The number of imidazole rings is 1. The van der Waals surface area contributed by atoms with Crippen LogP contribution in [0.2, 0.25) is 0 Å². The zero-order valence-electron chi connectivity index (χ0n) is 18.1. The molecule has 0 unspecified atom stereocenters. The van der Waals surface area contributed by atoms with Crippen LogP contribution in [0.15, 0.2) is 36.9 Å². The molecule has 4 aromatic rings. The van der Waals surface area contributed by atoms with Gasteiger partial charge in [0.15, 0.2) is 5.65 Å². The van der Waals surface area contributed by atoms with Gasteiger partial charge in [0.1, 0.15) is 11.5 Å². The number of aromatic nitrogens is 6. The fourth-order valence-electron chi connectivity index (χ4n) is 4.90. The third-order valence-corrected chi connectivity index (χ3v) is 6.18. The molecule has 0 spiro atoms. The molecule has 1 amide bonds. The number of amides is 1. The Kier molecular flexibility index (Phi) is 3.89. The predicted octanol–water partition coefficient (Wildman–Crippen LogP) is 2.63. The van der Waals surface area contributed by atoms with E-state index >= 15 is 0 Å². The zero-order valence-corrected chi connectivity index (χ0v) is 18.1. The minimum Gasteiger partial charge on any atom is -0.472 e. The van der Waals surface area contributed by atoms with E-state index in [1.165, 1.54) is 0 Å². The van der Waals surface area contributed by atoms with Crippen molar-refractivity contribution in [3.8, 4) is 5.88 Å². The number of anilines is 1. The van der Waals surface area contributed by atoms with Gasteiger partial charge >= 0.3 is 0 Å². The fraction of sp³-hybridized carbons (Fsp3) is 0.409. The fourth-order valence-corrected chi connectivity index (χ4v) is 4.90. The number of carbonyl (C=O) groups is 1. The molecule has 10 nitrogen and oxygen atoms in total. The average Bonchev–Trinajstić information content (AvgIpc) is 3.48. The van der Waals surface area contributed by atoms with Crippen molar-refractivity contribution in [3.05, 3.63) is 48.3 Å². The summed E-state index contributed by atoms with van der Waals surface area (Å²) in [5.41, 5.74) is 2.29. The highest BCUT2D eigenvalue weighted by molar-refractivity contribution is 6.02. The topological polar surface area (TPSA) is 108 Å². The number of nitrogens with one attached hydrogen (secondary N) is 1. The standard InChI is InChI=1S/C22H23N7O3/c1-13(2)32-20-18-26-15(22-10-21(3,11-22)31-12-22)9-28(18)8-14(25-20)19(30)27-17-4-6-23-16-5-7-24-29(16)17/h4-9,13H,10-12H2,1-3H3,(H,27,30). The summed E-state index contributed by atoms with van der Waals surface area (Å²) < 4.78 is 15.3. The van der Waals surface area contributed by atoms with Crippen LogP contribution in [0.1, 0.15) is 49.8 Å². The second kappa shape index (κ2) is 6.49. The summed E-state index contributed by atoms with van der Waals surface area (Å²) in [4.78, 5) is 26.7. The first-order valence-electron chi connectivity index (χ1n) is 10.7. The van der Waals surface area contributed by atoms with Gasteiger partial charge in [-0.3, -0.25) is 9.20 Å². The second-order valence-electron chi connectivity index (χ2n) is 9.21. The SMILES string of the molecule is CC(C)Oc1nc(C(=O)Nc2ccnc3ccnn23)cn2cc(C34COC(C)(C3)C4)nc12. The number of hydrogen-bond acceptors (Lipinski definition) is 7. The largest absolute Gasteiger partial charge is 0.472 e. The third kappa shape index (κ3) is 2.86. The van der Waals surface area contributed by atoms with E-state index in [4.69, 9.17) is 14.5 Å². The highest BCUT2D eigenvalue weighted by Gasteiger charge is 2.61. The lowest BCUT2D eigenvalue weighted by atomic mass is 9.62. The van der Waals surface area contributed by atoms with Crippen LogP contribution in [-0.2, 0) is 10.2 Å². The summed E-state index contributed by atoms with van der Waals surface area (Å²) in [5.74, 6) is 0.452. The molecular formula is C22H23N7O3. The molecule has 2 saturated heterocycles. The molecule has 7 rings (SSSR count). The summed E-state index contributed by atoms with van der Waals surface area (Å²) in [7, 11) is 0. The van der Waals surface area contributed by atoms with Gasteiger partial charge in [-0.15, -0.1) is 0 Å². The van der Waals surface area contributed by atoms with E-state index in [2.05, 4.69) is 27.3 Å². The molecule has 0 radical (unpaired) electrons. The first-order valence-corrected chi connectivity index (χ1v) is 10.7. The van der Waals surface area contributed by atoms with E-state index in [0.717, 1.165) is 18.5 Å². The highest BCUT2D eigenvalue weighted by atomic mass is 16.5. The molecule has 2 bridgehead atoms. The molecule has 4 aromatic heterocycles. The summed E-state index contributed by atoms with van der Waals surface area (Å²) in [6, 6.07) is 3.45.